The summed E-state index contributed by atoms with van der Waals surface area (Å²) in [6.07, 6.45) is 0.382. The van der Waals surface area contributed by atoms with Crippen molar-refractivity contribution < 1.29 is 18.3 Å². The lowest BCUT2D eigenvalue weighted by Gasteiger charge is -2.36. The van der Waals surface area contributed by atoms with Crippen molar-refractivity contribution in [3.63, 3.8) is 0 Å². The number of carbonyl (C=O) groups is 1. The van der Waals surface area contributed by atoms with E-state index >= 15 is 0 Å². The highest BCUT2D eigenvalue weighted by molar-refractivity contribution is 5.97. The average molecular weight is 283 g/mol. The SMILES string of the molecule is O=C1C[C@H]2CNCCN2c2cc(OC(F)F)ccc2N1. The van der Waals surface area contributed by atoms with Gasteiger partial charge in [0.1, 0.15) is 5.75 Å². The minimum atomic E-state index is -2.85. The fourth-order valence-corrected chi connectivity index (χ4v) is 2.71. The first-order valence-electron chi connectivity index (χ1n) is 6.49. The Morgan fingerprint density at radius 2 is 2.25 bits per heavy atom. The van der Waals surface area contributed by atoms with Gasteiger partial charge in [-0.25, -0.2) is 0 Å². The molecule has 2 N–H and O–H groups in total. The van der Waals surface area contributed by atoms with Gasteiger partial charge >= 0.3 is 6.61 Å². The maximum Gasteiger partial charge on any atom is 0.387 e. The molecule has 20 heavy (non-hydrogen) atoms. The number of halogens is 2. The van der Waals surface area contributed by atoms with E-state index in [2.05, 4.69) is 20.3 Å². The number of nitrogens with zero attached hydrogens (tertiary/aromatic N) is 1. The third-order valence-corrected chi connectivity index (χ3v) is 3.55. The van der Waals surface area contributed by atoms with E-state index in [0.29, 0.717) is 18.7 Å². The first-order valence-corrected chi connectivity index (χ1v) is 6.49. The monoisotopic (exact) mass is 283 g/mol. The summed E-state index contributed by atoms with van der Waals surface area (Å²) in [6.45, 7) is -0.631. The van der Waals surface area contributed by atoms with E-state index in [9.17, 15) is 13.6 Å². The summed E-state index contributed by atoms with van der Waals surface area (Å²) in [5.74, 6) is 0.0390. The zero-order valence-electron chi connectivity index (χ0n) is 10.7. The number of carbonyl (C=O) groups excluding carboxylic acids is 1. The van der Waals surface area contributed by atoms with Crippen LogP contribution in [0, 0.1) is 0 Å². The number of alkyl halides is 2. The third-order valence-electron chi connectivity index (χ3n) is 3.55. The van der Waals surface area contributed by atoms with E-state index in [4.69, 9.17) is 0 Å². The molecule has 0 aliphatic carbocycles. The summed E-state index contributed by atoms with van der Waals surface area (Å²) in [5, 5.41) is 6.04. The minimum Gasteiger partial charge on any atom is -0.435 e. The van der Waals surface area contributed by atoms with Crippen LogP contribution in [0.1, 0.15) is 6.42 Å². The molecule has 3 rings (SSSR count). The lowest BCUT2D eigenvalue weighted by molar-refractivity contribution is -0.116. The summed E-state index contributed by atoms with van der Waals surface area (Å²) in [4.78, 5) is 13.9. The normalized spacial score (nSPS) is 21.9. The van der Waals surface area contributed by atoms with Crippen molar-refractivity contribution in [3.8, 4) is 5.75 Å². The van der Waals surface area contributed by atoms with Crippen LogP contribution in [0.3, 0.4) is 0 Å². The summed E-state index contributed by atoms with van der Waals surface area (Å²) in [5.41, 5.74) is 1.38. The van der Waals surface area contributed by atoms with Crippen LogP contribution in [0.5, 0.6) is 5.75 Å². The number of amides is 1. The van der Waals surface area contributed by atoms with Crippen LogP contribution in [0.2, 0.25) is 0 Å². The van der Waals surface area contributed by atoms with Crippen LogP contribution in [-0.4, -0.2) is 38.2 Å². The Balaban J connectivity index is 1.97. The topological polar surface area (TPSA) is 53.6 Å². The van der Waals surface area contributed by atoms with Crippen molar-refractivity contribution in [1.29, 1.82) is 0 Å². The Hall–Kier alpha value is -1.89. The van der Waals surface area contributed by atoms with Crippen molar-refractivity contribution in [3.05, 3.63) is 18.2 Å². The number of benzene rings is 1. The number of piperazine rings is 1. The highest BCUT2D eigenvalue weighted by atomic mass is 19.3. The molecule has 0 radical (unpaired) electrons. The Bertz CT molecular complexity index is 524. The van der Waals surface area contributed by atoms with Crippen LogP contribution in [0.15, 0.2) is 18.2 Å². The van der Waals surface area contributed by atoms with Gasteiger partial charge in [-0.15, -0.1) is 0 Å². The van der Waals surface area contributed by atoms with Gasteiger partial charge in [0.2, 0.25) is 5.91 Å². The van der Waals surface area contributed by atoms with Crippen molar-refractivity contribution in [1.82, 2.24) is 5.32 Å². The first-order chi connectivity index (χ1) is 9.63. The van der Waals surface area contributed by atoms with Gasteiger partial charge in [-0.05, 0) is 12.1 Å². The van der Waals surface area contributed by atoms with Gasteiger partial charge in [-0.2, -0.15) is 8.78 Å². The molecule has 0 aromatic heterocycles. The molecule has 1 saturated heterocycles. The molecule has 5 nitrogen and oxygen atoms in total. The molecule has 1 amide bonds. The van der Waals surface area contributed by atoms with Gasteiger partial charge in [0.25, 0.3) is 0 Å². The quantitative estimate of drug-likeness (QED) is 0.861. The highest BCUT2D eigenvalue weighted by Gasteiger charge is 2.30. The van der Waals surface area contributed by atoms with Gasteiger partial charge in [0, 0.05) is 32.1 Å². The Morgan fingerprint density at radius 3 is 3.05 bits per heavy atom. The molecule has 1 aromatic carbocycles. The van der Waals surface area contributed by atoms with E-state index in [1.54, 1.807) is 12.1 Å². The standard InChI is InChI=1S/C13H15F2N3O2/c14-13(15)20-9-1-2-10-11(6-9)18-4-3-16-7-8(18)5-12(19)17-10/h1-2,6,8,13,16H,3-5,7H2,(H,17,19)/t8-/m0/s1. The van der Waals surface area contributed by atoms with Gasteiger partial charge in [0.15, 0.2) is 0 Å². The molecule has 0 unspecified atom stereocenters. The third kappa shape index (κ3) is 2.53. The van der Waals surface area contributed by atoms with E-state index in [0.717, 1.165) is 18.8 Å². The molecule has 7 heteroatoms. The number of rotatable bonds is 2. The summed E-state index contributed by atoms with van der Waals surface area (Å²) >= 11 is 0. The molecule has 2 heterocycles. The molecule has 1 aromatic rings. The molecule has 1 fully saturated rings. The predicted octanol–water partition coefficient (Wildman–Crippen LogP) is 1.41. The number of hydrogen-bond acceptors (Lipinski definition) is 4. The zero-order chi connectivity index (χ0) is 14.1. The number of anilines is 2. The smallest absolute Gasteiger partial charge is 0.387 e. The fourth-order valence-electron chi connectivity index (χ4n) is 2.71. The van der Waals surface area contributed by atoms with Crippen molar-refractivity contribution in [2.75, 3.05) is 29.9 Å². The maximum absolute atomic E-state index is 12.3. The van der Waals surface area contributed by atoms with Gasteiger partial charge in [-0.1, -0.05) is 0 Å². The number of ether oxygens (including phenoxy) is 1. The molecule has 0 bridgehead atoms. The second-order valence-corrected chi connectivity index (χ2v) is 4.86. The predicted molar refractivity (Wildman–Crippen MR) is 70.3 cm³/mol. The lowest BCUT2D eigenvalue weighted by atomic mass is 10.1. The van der Waals surface area contributed by atoms with Crippen molar-refractivity contribution >= 4 is 17.3 Å². The van der Waals surface area contributed by atoms with Crippen LogP contribution in [-0.2, 0) is 4.79 Å². The molecule has 108 valence electrons. The van der Waals surface area contributed by atoms with Crippen LogP contribution in [0.25, 0.3) is 0 Å². The summed E-state index contributed by atoms with van der Waals surface area (Å²) < 4.78 is 29.1. The fraction of sp³-hybridized carbons (Fsp3) is 0.462. The van der Waals surface area contributed by atoms with Crippen molar-refractivity contribution in [2.24, 2.45) is 0 Å². The van der Waals surface area contributed by atoms with Crippen LogP contribution < -0.4 is 20.3 Å². The molecule has 0 saturated carbocycles. The van der Waals surface area contributed by atoms with E-state index in [-0.39, 0.29) is 17.7 Å². The highest BCUT2D eigenvalue weighted by Crippen LogP contribution is 2.35. The van der Waals surface area contributed by atoms with Crippen molar-refractivity contribution in [2.45, 2.75) is 19.1 Å². The summed E-state index contributed by atoms with van der Waals surface area (Å²) in [6, 6.07) is 4.64. The van der Waals surface area contributed by atoms with E-state index in [1.807, 2.05) is 0 Å². The molecule has 0 spiro atoms. The first kappa shape index (κ1) is 13.1. The Morgan fingerprint density at radius 1 is 1.40 bits per heavy atom. The molecular formula is C13H15F2N3O2. The zero-order valence-corrected chi connectivity index (χ0v) is 10.7. The molecule has 2 aliphatic heterocycles. The maximum atomic E-state index is 12.3. The molecule has 1 atom stereocenters. The van der Waals surface area contributed by atoms with Crippen LogP contribution >= 0.6 is 0 Å². The number of hydrogen-bond donors (Lipinski definition) is 2. The average Bonchev–Trinajstić information content (AvgIpc) is 2.53. The van der Waals surface area contributed by atoms with E-state index in [1.165, 1.54) is 6.07 Å². The van der Waals surface area contributed by atoms with Gasteiger partial charge < -0.3 is 20.3 Å². The summed E-state index contributed by atoms with van der Waals surface area (Å²) in [7, 11) is 0. The second-order valence-electron chi connectivity index (χ2n) is 4.86. The van der Waals surface area contributed by atoms with E-state index < -0.39 is 6.61 Å². The Labute approximate surface area is 114 Å². The molecule has 2 aliphatic rings. The Kier molecular flexibility index (Phi) is 3.43. The van der Waals surface area contributed by atoms with Gasteiger partial charge in [-0.3, -0.25) is 4.79 Å². The minimum absolute atomic E-state index is 0.0341. The van der Waals surface area contributed by atoms with Crippen LogP contribution in [0.4, 0.5) is 20.2 Å². The number of fused-ring (bicyclic) bond motifs is 3. The molecular weight excluding hydrogens is 268 g/mol. The number of nitrogens with one attached hydrogen (secondary N) is 2. The largest absolute Gasteiger partial charge is 0.435 e. The van der Waals surface area contributed by atoms with Gasteiger partial charge in [0.05, 0.1) is 17.4 Å². The lowest BCUT2D eigenvalue weighted by Crippen LogP contribution is -2.51. The second kappa shape index (κ2) is 5.24.